The van der Waals surface area contributed by atoms with Crippen molar-refractivity contribution in [3.63, 3.8) is 0 Å². The molecule has 3 nitrogen and oxygen atoms in total. The first-order valence-electron chi connectivity index (χ1n) is 7.47. The molecular formula is C19H13Cl2FN2O. The molecule has 1 amide bonds. The average Bonchev–Trinajstić information content (AvgIpc) is 2.61. The largest absolute Gasteiger partial charge is 0.288 e. The molecule has 0 aliphatic rings. The predicted octanol–water partition coefficient (Wildman–Crippen LogP) is 5.37. The minimum Gasteiger partial charge on any atom is -0.288 e. The van der Waals surface area contributed by atoms with Crippen molar-refractivity contribution >= 4 is 34.9 Å². The van der Waals surface area contributed by atoms with Crippen LogP contribution in [0, 0.1) is 5.82 Å². The summed E-state index contributed by atoms with van der Waals surface area (Å²) in [5.41, 5.74) is 1.04. The van der Waals surface area contributed by atoms with Crippen molar-refractivity contribution < 1.29 is 9.18 Å². The lowest BCUT2D eigenvalue weighted by Crippen LogP contribution is -2.31. The number of benzene rings is 2. The predicted molar refractivity (Wildman–Crippen MR) is 97.6 cm³/mol. The first-order valence-corrected chi connectivity index (χ1v) is 8.22. The SMILES string of the molecule is O=C(c1cccc(Cl)c1)N(Cc1ccc(F)cc1Cl)c1ccccn1. The van der Waals surface area contributed by atoms with Crippen LogP contribution in [0.2, 0.25) is 10.0 Å². The molecule has 25 heavy (non-hydrogen) atoms. The number of hydrogen-bond donors (Lipinski definition) is 0. The number of hydrogen-bond acceptors (Lipinski definition) is 2. The number of carbonyl (C=O) groups is 1. The lowest BCUT2D eigenvalue weighted by atomic mass is 10.1. The normalized spacial score (nSPS) is 10.5. The van der Waals surface area contributed by atoms with Gasteiger partial charge in [-0.2, -0.15) is 0 Å². The van der Waals surface area contributed by atoms with E-state index in [9.17, 15) is 9.18 Å². The maximum Gasteiger partial charge on any atom is 0.259 e. The average molecular weight is 375 g/mol. The van der Waals surface area contributed by atoms with Crippen LogP contribution in [0.25, 0.3) is 0 Å². The van der Waals surface area contributed by atoms with E-state index in [1.165, 1.54) is 17.0 Å². The number of aromatic nitrogens is 1. The first-order chi connectivity index (χ1) is 12.0. The van der Waals surface area contributed by atoms with Crippen LogP contribution in [0.5, 0.6) is 0 Å². The molecule has 0 aliphatic carbocycles. The van der Waals surface area contributed by atoms with Gasteiger partial charge in [-0.3, -0.25) is 9.69 Å². The highest BCUT2D eigenvalue weighted by atomic mass is 35.5. The fourth-order valence-corrected chi connectivity index (χ4v) is 2.79. The summed E-state index contributed by atoms with van der Waals surface area (Å²) in [6, 6.07) is 16.0. The van der Waals surface area contributed by atoms with Crippen LogP contribution >= 0.6 is 23.2 Å². The van der Waals surface area contributed by atoms with Crippen LogP contribution in [0.15, 0.2) is 66.9 Å². The summed E-state index contributed by atoms with van der Waals surface area (Å²) in [5, 5.41) is 0.714. The Hall–Kier alpha value is -2.43. The van der Waals surface area contributed by atoms with Crippen molar-refractivity contribution in [3.05, 3.63) is 93.8 Å². The molecule has 6 heteroatoms. The molecule has 0 saturated heterocycles. The zero-order valence-corrected chi connectivity index (χ0v) is 14.5. The standard InChI is InChI=1S/C19H13Cl2FN2O/c20-15-5-3-4-13(10-15)19(25)24(18-6-1-2-9-23-18)12-14-7-8-16(22)11-17(14)21/h1-11H,12H2. The van der Waals surface area contributed by atoms with Crippen molar-refractivity contribution in [2.45, 2.75) is 6.54 Å². The van der Waals surface area contributed by atoms with Crippen LogP contribution in [-0.2, 0) is 6.54 Å². The lowest BCUT2D eigenvalue weighted by Gasteiger charge is -2.22. The summed E-state index contributed by atoms with van der Waals surface area (Å²) in [4.78, 5) is 18.7. The fraction of sp³-hybridized carbons (Fsp3) is 0.0526. The van der Waals surface area contributed by atoms with Crippen molar-refractivity contribution in [2.24, 2.45) is 0 Å². The van der Waals surface area contributed by atoms with E-state index < -0.39 is 5.82 Å². The summed E-state index contributed by atoms with van der Waals surface area (Å²) >= 11 is 12.1. The van der Waals surface area contributed by atoms with Crippen molar-refractivity contribution in [1.29, 1.82) is 0 Å². The molecule has 3 rings (SSSR count). The zero-order chi connectivity index (χ0) is 17.8. The van der Waals surface area contributed by atoms with Gasteiger partial charge in [0.15, 0.2) is 0 Å². The van der Waals surface area contributed by atoms with Gasteiger partial charge in [0.25, 0.3) is 5.91 Å². The fourth-order valence-electron chi connectivity index (χ4n) is 2.37. The van der Waals surface area contributed by atoms with Crippen LogP contribution in [0.1, 0.15) is 15.9 Å². The second kappa shape index (κ2) is 7.64. The third-order valence-corrected chi connectivity index (χ3v) is 4.17. The third-order valence-electron chi connectivity index (χ3n) is 3.59. The molecular weight excluding hydrogens is 362 g/mol. The smallest absolute Gasteiger partial charge is 0.259 e. The Balaban J connectivity index is 1.99. The van der Waals surface area contributed by atoms with E-state index in [0.29, 0.717) is 22.0 Å². The lowest BCUT2D eigenvalue weighted by molar-refractivity contribution is 0.0984. The van der Waals surface area contributed by atoms with Crippen molar-refractivity contribution in [2.75, 3.05) is 4.90 Å². The second-order valence-electron chi connectivity index (χ2n) is 5.33. The second-order valence-corrected chi connectivity index (χ2v) is 6.17. The molecule has 3 aromatic rings. The van der Waals surface area contributed by atoms with Gasteiger partial charge < -0.3 is 0 Å². The summed E-state index contributed by atoms with van der Waals surface area (Å²) < 4.78 is 13.3. The van der Waals surface area contributed by atoms with E-state index in [1.807, 2.05) is 0 Å². The molecule has 0 unspecified atom stereocenters. The molecule has 0 saturated carbocycles. The molecule has 0 radical (unpaired) electrons. The van der Waals surface area contributed by atoms with Gasteiger partial charge in [-0.15, -0.1) is 0 Å². The van der Waals surface area contributed by atoms with E-state index in [-0.39, 0.29) is 17.5 Å². The minimum atomic E-state index is -0.431. The minimum absolute atomic E-state index is 0.154. The molecule has 126 valence electrons. The van der Waals surface area contributed by atoms with Crippen molar-refractivity contribution in [3.8, 4) is 0 Å². The number of anilines is 1. The monoisotopic (exact) mass is 374 g/mol. The highest BCUT2D eigenvalue weighted by Gasteiger charge is 2.20. The Labute approximate surface area is 154 Å². The number of pyridine rings is 1. The molecule has 0 atom stereocenters. The molecule has 1 aromatic heterocycles. The Morgan fingerprint density at radius 2 is 1.88 bits per heavy atom. The number of nitrogens with zero attached hydrogens (tertiary/aromatic N) is 2. The van der Waals surface area contributed by atoms with Crippen LogP contribution in [-0.4, -0.2) is 10.9 Å². The van der Waals surface area contributed by atoms with Gasteiger partial charge >= 0.3 is 0 Å². The van der Waals surface area contributed by atoms with Crippen LogP contribution < -0.4 is 4.90 Å². The number of rotatable bonds is 4. The maximum atomic E-state index is 13.3. The van der Waals surface area contributed by atoms with Gasteiger partial charge in [-0.25, -0.2) is 9.37 Å². The third kappa shape index (κ3) is 4.16. The van der Waals surface area contributed by atoms with Crippen LogP contribution in [0.3, 0.4) is 0 Å². The van der Waals surface area contributed by atoms with Crippen LogP contribution in [0.4, 0.5) is 10.2 Å². The molecule has 0 spiro atoms. The Kier molecular flexibility index (Phi) is 5.31. The Morgan fingerprint density at radius 3 is 2.56 bits per heavy atom. The Morgan fingerprint density at radius 1 is 1.04 bits per heavy atom. The van der Waals surface area contributed by atoms with Gasteiger partial charge in [-0.05, 0) is 48.0 Å². The highest BCUT2D eigenvalue weighted by molar-refractivity contribution is 6.31. The maximum absolute atomic E-state index is 13.3. The molecule has 2 aromatic carbocycles. The van der Waals surface area contributed by atoms with Gasteiger partial charge in [0.05, 0.1) is 6.54 Å². The first kappa shape index (κ1) is 17.4. The summed E-state index contributed by atoms with van der Waals surface area (Å²) in [6.45, 7) is 0.154. The van der Waals surface area contributed by atoms with Gasteiger partial charge in [0.2, 0.25) is 0 Å². The van der Waals surface area contributed by atoms with E-state index in [4.69, 9.17) is 23.2 Å². The number of carbonyl (C=O) groups excluding carboxylic acids is 1. The van der Waals surface area contributed by atoms with E-state index >= 15 is 0 Å². The number of halogens is 3. The molecule has 0 bridgehead atoms. The topological polar surface area (TPSA) is 33.2 Å². The summed E-state index contributed by atoms with van der Waals surface area (Å²) in [7, 11) is 0. The van der Waals surface area contributed by atoms with Crippen molar-refractivity contribution in [1.82, 2.24) is 4.98 Å². The number of amides is 1. The zero-order valence-electron chi connectivity index (χ0n) is 13.0. The van der Waals surface area contributed by atoms with E-state index in [2.05, 4.69) is 4.98 Å². The van der Waals surface area contributed by atoms with E-state index in [1.54, 1.807) is 54.7 Å². The highest BCUT2D eigenvalue weighted by Crippen LogP contribution is 2.24. The summed E-state index contributed by atoms with van der Waals surface area (Å²) in [6.07, 6.45) is 1.60. The molecule has 1 heterocycles. The molecule has 0 aliphatic heterocycles. The Bertz CT molecular complexity index is 903. The van der Waals surface area contributed by atoms with Gasteiger partial charge in [0.1, 0.15) is 11.6 Å². The summed E-state index contributed by atoms with van der Waals surface area (Å²) in [5.74, 6) is -0.242. The van der Waals surface area contributed by atoms with E-state index in [0.717, 1.165) is 0 Å². The quantitative estimate of drug-likeness (QED) is 0.614. The van der Waals surface area contributed by atoms with Gasteiger partial charge in [-0.1, -0.05) is 41.4 Å². The molecule has 0 N–H and O–H groups in total. The van der Waals surface area contributed by atoms with Gasteiger partial charge in [0, 0.05) is 21.8 Å². The molecule has 0 fully saturated rings.